The first-order valence-corrected chi connectivity index (χ1v) is 8.69. The van der Waals surface area contributed by atoms with Gasteiger partial charge in [-0.1, -0.05) is 0 Å². The van der Waals surface area contributed by atoms with Gasteiger partial charge in [-0.2, -0.15) is 9.97 Å². The van der Waals surface area contributed by atoms with Crippen molar-refractivity contribution in [3.63, 3.8) is 0 Å². The van der Waals surface area contributed by atoms with E-state index < -0.39 is 43.1 Å². The number of anilines is 1. The van der Waals surface area contributed by atoms with Gasteiger partial charge in [0.15, 0.2) is 29.8 Å². The molecule has 0 radical (unpaired) electrons. The topological polar surface area (TPSA) is 167 Å². The second kappa shape index (κ2) is 8.84. The Bertz CT molecular complexity index is 908. The molecule has 3 N–H and O–H groups in total. The van der Waals surface area contributed by atoms with E-state index in [4.69, 9.17) is 25.9 Å². The molecule has 0 aliphatic carbocycles. The van der Waals surface area contributed by atoms with E-state index in [0.717, 1.165) is 0 Å². The smallest absolute Gasteiger partial charge is 0.334 e. The lowest BCUT2D eigenvalue weighted by molar-refractivity contribution is -0.147. The molecule has 1 saturated heterocycles. The molecule has 1 aliphatic heterocycles. The SMILES string of the molecule is COC(=O)CONc1nc(Cl)nc2c1ncn2[C@@H]1O[C@H](COC(C)=O)[C@@H](O)[C@H]1O. The summed E-state index contributed by atoms with van der Waals surface area (Å²) in [6.07, 6.45) is -3.39. The van der Waals surface area contributed by atoms with Gasteiger partial charge in [-0.05, 0) is 11.6 Å². The minimum Gasteiger partial charge on any atom is -0.467 e. The van der Waals surface area contributed by atoms with Gasteiger partial charge in [0.1, 0.15) is 24.9 Å². The van der Waals surface area contributed by atoms with Crippen molar-refractivity contribution in [3.8, 4) is 0 Å². The Balaban J connectivity index is 1.83. The zero-order valence-electron chi connectivity index (χ0n) is 15.3. The summed E-state index contributed by atoms with van der Waals surface area (Å²) >= 11 is 5.95. The molecule has 4 atom stereocenters. The summed E-state index contributed by atoms with van der Waals surface area (Å²) in [6, 6.07) is 0. The molecule has 0 bridgehead atoms. The van der Waals surface area contributed by atoms with E-state index in [1.807, 2.05) is 0 Å². The van der Waals surface area contributed by atoms with Crippen molar-refractivity contribution in [2.45, 2.75) is 31.5 Å². The van der Waals surface area contributed by atoms with E-state index in [2.05, 4.69) is 25.2 Å². The highest BCUT2D eigenvalue weighted by molar-refractivity contribution is 6.28. The van der Waals surface area contributed by atoms with Crippen molar-refractivity contribution >= 4 is 40.5 Å². The van der Waals surface area contributed by atoms with Gasteiger partial charge in [0, 0.05) is 6.92 Å². The number of aliphatic hydroxyl groups is 2. The molecule has 1 aliphatic rings. The number of halogens is 1. The van der Waals surface area contributed by atoms with Crippen LogP contribution in [0.4, 0.5) is 5.82 Å². The van der Waals surface area contributed by atoms with Crippen LogP contribution in [0.1, 0.15) is 13.2 Å². The number of imidazole rings is 1. The lowest BCUT2D eigenvalue weighted by Crippen LogP contribution is -2.34. The largest absolute Gasteiger partial charge is 0.467 e. The van der Waals surface area contributed by atoms with Gasteiger partial charge in [0.25, 0.3) is 0 Å². The maximum Gasteiger partial charge on any atom is 0.334 e. The second-order valence-corrected chi connectivity index (χ2v) is 6.32. The van der Waals surface area contributed by atoms with Crippen LogP contribution in [-0.2, 0) is 28.6 Å². The number of fused-ring (bicyclic) bond motifs is 1. The number of carbonyl (C=O) groups excluding carboxylic acids is 2. The number of nitrogens with one attached hydrogen (secondary N) is 1. The summed E-state index contributed by atoms with van der Waals surface area (Å²) in [7, 11) is 1.21. The molecule has 3 rings (SSSR count). The van der Waals surface area contributed by atoms with Gasteiger partial charge in [0.05, 0.1) is 13.4 Å². The average Bonchev–Trinajstić information content (AvgIpc) is 3.21. The zero-order valence-corrected chi connectivity index (χ0v) is 16.1. The molecule has 0 unspecified atom stereocenters. The fourth-order valence-corrected chi connectivity index (χ4v) is 2.83. The summed E-state index contributed by atoms with van der Waals surface area (Å²) in [5, 5.41) is 20.4. The lowest BCUT2D eigenvalue weighted by Gasteiger charge is -2.16. The molecule has 2 aromatic heterocycles. The van der Waals surface area contributed by atoms with Crippen molar-refractivity contribution < 1.29 is 38.9 Å². The first kappa shape index (κ1) is 21.1. The molecule has 29 heavy (non-hydrogen) atoms. The highest BCUT2D eigenvalue weighted by Gasteiger charge is 2.45. The van der Waals surface area contributed by atoms with Crippen molar-refractivity contribution in [2.75, 3.05) is 25.8 Å². The lowest BCUT2D eigenvalue weighted by atomic mass is 10.1. The molecule has 2 aromatic rings. The summed E-state index contributed by atoms with van der Waals surface area (Å²) in [6.45, 7) is 0.587. The molecule has 14 heteroatoms. The molecule has 0 amide bonds. The Morgan fingerprint density at radius 3 is 2.79 bits per heavy atom. The molecule has 0 spiro atoms. The third kappa shape index (κ3) is 4.54. The van der Waals surface area contributed by atoms with Crippen molar-refractivity contribution in [1.29, 1.82) is 0 Å². The molecule has 1 fully saturated rings. The van der Waals surface area contributed by atoms with E-state index in [1.165, 1.54) is 24.9 Å². The van der Waals surface area contributed by atoms with E-state index in [-0.39, 0.29) is 28.9 Å². The van der Waals surface area contributed by atoms with Crippen LogP contribution in [0.2, 0.25) is 5.28 Å². The minimum absolute atomic E-state index is 0.0622. The highest BCUT2D eigenvalue weighted by Crippen LogP contribution is 2.33. The van der Waals surface area contributed by atoms with E-state index >= 15 is 0 Å². The minimum atomic E-state index is -1.35. The first-order chi connectivity index (χ1) is 13.8. The summed E-state index contributed by atoms with van der Waals surface area (Å²) in [4.78, 5) is 39.3. The number of ether oxygens (including phenoxy) is 3. The number of esters is 2. The quantitative estimate of drug-likeness (QED) is 0.283. The summed E-state index contributed by atoms with van der Waals surface area (Å²) in [5.74, 6) is -1.10. The number of hydrogen-bond donors (Lipinski definition) is 3. The Hall–Kier alpha value is -2.58. The maximum absolute atomic E-state index is 11.1. The Kier molecular flexibility index (Phi) is 6.44. The molecular formula is C15H18ClN5O8. The molecule has 0 aromatic carbocycles. The normalized spacial score (nSPS) is 23.9. The van der Waals surface area contributed by atoms with Crippen LogP contribution in [0, 0.1) is 0 Å². The molecule has 158 valence electrons. The van der Waals surface area contributed by atoms with Gasteiger partial charge in [0.2, 0.25) is 5.28 Å². The average molecular weight is 432 g/mol. The third-order valence-corrected chi connectivity index (χ3v) is 4.21. The second-order valence-electron chi connectivity index (χ2n) is 5.98. The maximum atomic E-state index is 11.1. The van der Waals surface area contributed by atoms with Crippen LogP contribution in [-0.4, -0.2) is 80.3 Å². The van der Waals surface area contributed by atoms with Crippen LogP contribution < -0.4 is 5.48 Å². The zero-order chi connectivity index (χ0) is 21.1. The number of aromatic nitrogens is 4. The Labute approximate surface area is 168 Å². The van der Waals surface area contributed by atoms with Crippen LogP contribution in [0.15, 0.2) is 6.33 Å². The van der Waals surface area contributed by atoms with Gasteiger partial charge >= 0.3 is 11.9 Å². The molecule has 13 nitrogen and oxygen atoms in total. The fourth-order valence-electron chi connectivity index (χ4n) is 2.67. The van der Waals surface area contributed by atoms with Crippen LogP contribution >= 0.6 is 11.6 Å². The van der Waals surface area contributed by atoms with Crippen LogP contribution in [0.5, 0.6) is 0 Å². The van der Waals surface area contributed by atoms with E-state index in [1.54, 1.807) is 0 Å². The Morgan fingerprint density at radius 1 is 1.34 bits per heavy atom. The number of hydrogen-bond acceptors (Lipinski definition) is 12. The fraction of sp³-hybridized carbons (Fsp3) is 0.533. The predicted molar refractivity (Wildman–Crippen MR) is 94.5 cm³/mol. The van der Waals surface area contributed by atoms with E-state index in [0.29, 0.717) is 0 Å². The standard InChI is InChI=1S/C15H18ClN5O8/c1-6(22)27-3-7-10(24)11(25)14(29-7)21-5-17-9-12(18-15(16)19-13(9)21)20-28-4-8(23)26-2/h5,7,10-11,14,24-25H,3-4H2,1-2H3,(H,18,19,20)/t7-,10-,11-,14-/m1/s1. The molecular weight excluding hydrogens is 414 g/mol. The molecule has 0 saturated carbocycles. The van der Waals surface area contributed by atoms with Crippen LogP contribution in [0.3, 0.4) is 0 Å². The monoisotopic (exact) mass is 431 g/mol. The summed E-state index contributed by atoms with van der Waals surface area (Å²) in [5.41, 5.74) is 2.80. The van der Waals surface area contributed by atoms with Gasteiger partial charge in [-0.25, -0.2) is 15.3 Å². The van der Waals surface area contributed by atoms with Gasteiger partial charge < -0.3 is 24.4 Å². The third-order valence-electron chi connectivity index (χ3n) is 4.04. The predicted octanol–water partition coefficient (Wildman–Crippen LogP) is -0.822. The summed E-state index contributed by atoms with van der Waals surface area (Å²) < 4.78 is 16.3. The first-order valence-electron chi connectivity index (χ1n) is 8.31. The van der Waals surface area contributed by atoms with Gasteiger partial charge in [-0.15, -0.1) is 0 Å². The van der Waals surface area contributed by atoms with E-state index in [9.17, 15) is 19.8 Å². The number of nitrogens with zero attached hydrogens (tertiary/aromatic N) is 4. The highest BCUT2D eigenvalue weighted by atomic mass is 35.5. The van der Waals surface area contributed by atoms with Crippen molar-refractivity contribution in [1.82, 2.24) is 19.5 Å². The molecule has 3 heterocycles. The number of rotatable bonds is 7. The van der Waals surface area contributed by atoms with Crippen molar-refractivity contribution in [3.05, 3.63) is 11.6 Å². The van der Waals surface area contributed by atoms with Crippen molar-refractivity contribution in [2.24, 2.45) is 0 Å². The Morgan fingerprint density at radius 2 is 2.10 bits per heavy atom. The van der Waals surface area contributed by atoms with Crippen LogP contribution in [0.25, 0.3) is 11.2 Å². The number of carbonyl (C=O) groups is 2. The number of aliphatic hydroxyl groups excluding tert-OH is 2. The van der Waals surface area contributed by atoms with Gasteiger partial charge in [-0.3, -0.25) is 14.2 Å². The number of methoxy groups -OCH3 is 1.